The van der Waals surface area contributed by atoms with Gasteiger partial charge in [-0.05, 0) is 61.6 Å². The first-order valence-corrected chi connectivity index (χ1v) is 11.0. The third kappa shape index (κ3) is 4.59. The summed E-state index contributed by atoms with van der Waals surface area (Å²) in [5, 5.41) is -0.0517. The van der Waals surface area contributed by atoms with Gasteiger partial charge in [0.15, 0.2) is 0 Å². The molecule has 160 valence electrons. The number of amides is 1. The van der Waals surface area contributed by atoms with E-state index in [9.17, 15) is 9.18 Å². The lowest BCUT2D eigenvalue weighted by atomic mass is 9.93. The Morgan fingerprint density at radius 3 is 2.77 bits per heavy atom. The van der Waals surface area contributed by atoms with Gasteiger partial charge in [-0.25, -0.2) is 14.4 Å². The molecule has 7 heteroatoms. The van der Waals surface area contributed by atoms with Crippen molar-refractivity contribution < 1.29 is 9.18 Å². The minimum absolute atomic E-state index is 0.0517. The van der Waals surface area contributed by atoms with Crippen LogP contribution in [0.25, 0.3) is 11.1 Å². The van der Waals surface area contributed by atoms with Gasteiger partial charge in [0.05, 0.1) is 16.8 Å². The molecule has 0 N–H and O–H groups in total. The summed E-state index contributed by atoms with van der Waals surface area (Å²) in [6.07, 6.45) is 9.77. The van der Waals surface area contributed by atoms with Crippen molar-refractivity contribution >= 4 is 17.5 Å². The van der Waals surface area contributed by atoms with Gasteiger partial charge in [0.1, 0.15) is 11.6 Å². The number of carbonyl (C=O) groups excluding carboxylic acids is 1. The average molecular weight is 439 g/mol. The van der Waals surface area contributed by atoms with Crippen molar-refractivity contribution in [3.05, 3.63) is 76.8 Å². The summed E-state index contributed by atoms with van der Waals surface area (Å²) in [6.45, 7) is 2.70. The summed E-state index contributed by atoms with van der Waals surface area (Å²) in [7, 11) is 0. The van der Waals surface area contributed by atoms with Gasteiger partial charge in [0.2, 0.25) is 0 Å². The van der Waals surface area contributed by atoms with Gasteiger partial charge in [-0.2, -0.15) is 0 Å². The summed E-state index contributed by atoms with van der Waals surface area (Å²) in [5.41, 5.74) is 3.11. The third-order valence-electron chi connectivity index (χ3n) is 5.58. The first-order chi connectivity index (χ1) is 15.1. The molecule has 0 radical (unpaired) electrons. The largest absolute Gasteiger partial charge is 0.330 e. The Hall–Kier alpha value is -2.86. The zero-order chi connectivity index (χ0) is 21.8. The molecule has 1 amide bonds. The number of aromatic nitrogens is 3. The van der Waals surface area contributed by atoms with E-state index in [-0.39, 0.29) is 17.0 Å². The number of piperidine rings is 1. The van der Waals surface area contributed by atoms with Crippen LogP contribution < -0.4 is 0 Å². The highest BCUT2D eigenvalue weighted by Crippen LogP contribution is 2.36. The Morgan fingerprint density at radius 2 is 2.03 bits per heavy atom. The quantitative estimate of drug-likeness (QED) is 0.516. The van der Waals surface area contributed by atoms with Crippen LogP contribution >= 0.6 is 11.6 Å². The molecule has 0 saturated carbocycles. The van der Waals surface area contributed by atoms with E-state index in [1.165, 1.54) is 18.2 Å². The normalized spacial score (nSPS) is 16.4. The zero-order valence-electron chi connectivity index (χ0n) is 17.4. The van der Waals surface area contributed by atoms with Gasteiger partial charge >= 0.3 is 0 Å². The second-order valence-electron chi connectivity index (χ2n) is 7.71. The Labute approximate surface area is 186 Å². The summed E-state index contributed by atoms with van der Waals surface area (Å²) in [6, 6.07) is 7.79. The molecule has 1 saturated heterocycles. The van der Waals surface area contributed by atoms with Crippen LogP contribution in [0.2, 0.25) is 5.02 Å². The van der Waals surface area contributed by atoms with Crippen LogP contribution in [0.4, 0.5) is 4.39 Å². The minimum Gasteiger partial charge on any atom is -0.330 e. The number of hydrogen-bond donors (Lipinski definition) is 0. The van der Waals surface area contributed by atoms with E-state index in [2.05, 4.69) is 16.9 Å². The number of nitrogens with zero attached hydrogens (tertiary/aromatic N) is 4. The van der Waals surface area contributed by atoms with E-state index in [0.29, 0.717) is 12.1 Å². The molecule has 4 rings (SSSR count). The molecule has 1 aliphatic heterocycles. The lowest BCUT2D eigenvalue weighted by molar-refractivity contribution is 0.0606. The molecule has 0 aliphatic carbocycles. The Bertz CT molecular complexity index is 1080. The summed E-state index contributed by atoms with van der Waals surface area (Å²) < 4.78 is 13.6. The fraction of sp³-hybridized carbons (Fsp3) is 0.333. The highest BCUT2D eigenvalue weighted by molar-refractivity contribution is 6.31. The first kappa shape index (κ1) is 21.4. The Kier molecular flexibility index (Phi) is 6.56. The highest BCUT2D eigenvalue weighted by Gasteiger charge is 2.32. The SMILES string of the molecule is CCCc1ncc(-c2ccncc2)c(C2CCCCN2C(=O)c2ccc(F)c(Cl)c2)n1. The number of likely N-dealkylation sites (tertiary alicyclic amines) is 1. The van der Waals surface area contributed by atoms with E-state index in [4.69, 9.17) is 16.6 Å². The van der Waals surface area contributed by atoms with Gasteiger partial charge in [-0.15, -0.1) is 0 Å². The Balaban J connectivity index is 1.77. The first-order valence-electron chi connectivity index (χ1n) is 10.6. The number of pyridine rings is 1. The number of hydrogen-bond acceptors (Lipinski definition) is 4. The van der Waals surface area contributed by atoms with Crippen molar-refractivity contribution in [1.29, 1.82) is 0 Å². The third-order valence-corrected chi connectivity index (χ3v) is 5.87. The number of rotatable bonds is 5. The van der Waals surface area contributed by atoms with Crippen LogP contribution in [-0.4, -0.2) is 32.3 Å². The van der Waals surface area contributed by atoms with Crippen LogP contribution in [0, 0.1) is 5.82 Å². The molecule has 0 spiro atoms. The molecular weight excluding hydrogens is 415 g/mol. The van der Waals surface area contributed by atoms with Gasteiger partial charge in [-0.3, -0.25) is 9.78 Å². The molecule has 3 heterocycles. The van der Waals surface area contributed by atoms with Crippen molar-refractivity contribution in [2.45, 2.75) is 45.1 Å². The van der Waals surface area contributed by atoms with Crippen molar-refractivity contribution in [3.63, 3.8) is 0 Å². The molecule has 5 nitrogen and oxygen atoms in total. The monoisotopic (exact) mass is 438 g/mol. The second-order valence-corrected chi connectivity index (χ2v) is 8.12. The second kappa shape index (κ2) is 9.52. The molecule has 1 aromatic carbocycles. The van der Waals surface area contributed by atoms with E-state index < -0.39 is 5.82 Å². The predicted molar refractivity (Wildman–Crippen MR) is 118 cm³/mol. The fourth-order valence-electron chi connectivity index (χ4n) is 4.04. The molecule has 1 fully saturated rings. The molecular formula is C24H24ClFN4O. The van der Waals surface area contributed by atoms with Crippen molar-refractivity contribution in [1.82, 2.24) is 19.9 Å². The fourth-order valence-corrected chi connectivity index (χ4v) is 4.22. The summed E-state index contributed by atoms with van der Waals surface area (Å²) in [5.74, 6) is 0.0782. The smallest absolute Gasteiger partial charge is 0.254 e. The molecule has 0 bridgehead atoms. The van der Waals surface area contributed by atoms with E-state index in [0.717, 1.165) is 54.7 Å². The molecule has 1 aliphatic rings. The minimum atomic E-state index is -0.534. The summed E-state index contributed by atoms with van der Waals surface area (Å²) >= 11 is 5.94. The lowest BCUT2D eigenvalue weighted by Gasteiger charge is -2.36. The number of aryl methyl sites for hydroxylation is 1. The molecule has 2 aromatic heterocycles. The molecule has 3 aromatic rings. The zero-order valence-corrected chi connectivity index (χ0v) is 18.1. The van der Waals surface area contributed by atoms with Crippen molar-refractivity contribution in [2.75, 3.05) is 6.54 Å². The number of benzene rings is 1. The average Bonchev–Trinajstić information content (AvgIpc) is 2.81. The van der Waals surface area contributed by atoms with Crippen LogP contribution in [0.15, 0.2) is 48.9 Å². The highest BCUT2D eigenvalue weighted by atomic mass is 35.5. The van der Waals surface area contributed by atoms with Gasteiger partial charge in [0.25, 0.3) is 5.91 Å². The van der Waals surface area contributed by atoms with Gasteiger partial charge in [-0.1, -0.05) is 18.5 Å². The maximum Gasteiger partial charge on any atom is 0.254 e. The number of halogens is 2. The van der Waals surface area contributed by atoms with E-state index >= 15 is 0 Å². The summed E-state index contributed by atoms with van der Waals surface area (Å²) in [4.78, 5) is 28.8. The molecule has 31 heavy (non-hydrogen) atoms. The topological polar surface area (TPSA) is 59.0 Å². The van der Waals surface area contributed by atoms with Crippen LogP contribution in [0.1, 0.15) is 60.5 Å². The van der Waals surface area contributed by atoms with Crippen LogP contribution in [0.3, 0.4) is 0 Å². The van der Waals surface area contributed by atoms with Gasteiger partial charge in [0, 0.05) is 42.7 Å². The van der Waals surface area contributed by atoms with Crippen LogP contribution in [0.5, 0.6) is 0 Å². The molecule has 1 unspecified atom stereocenters. The predicted octanol–water partition coefficient (Wildman–Crippen LogP) is 5.65. The Morgan fingerprint density at radius 1 is 1.23 bits per heavy atom. The van der Waals surface area contributed by atoms with Gasteiger partial charge < -0.3 is 4.90 Å². The molecule has 1 atom stereocenters. The van der Waals surface area contributed by atoms with Crippen LogP contribution in [-0.2, 0) is 6.42 Å². The maximum atomic E-state index is 13.6. The van der Waals surface area contributed by atoms with Crippen molar-refractivity contribution in [3.8, 4) is 11.1 Å². The van der Waals surface area contributed by atoms with E-state index in [1.54, 1.807) is 12.4 Å². The standard InChI is InChI=1S/C24H24ClFN4O/c1-2-5-22-28-15-18(16-9-11-27-12-10-16)23(29-22)21-6-3-4-13-30(21)24(31)17-7-8-20(26)19(25)14-17/h7-12,14-15,21H,2-6,13H2,1H3. The maximum absolute atomic E-state index is 13.6. The lowest BCUT2D eigenvalue weighted by Crippen LogP contribution is -2.39. The van der Waals surface area contributed by atoms with E-state index in [1.807, 2.05) is 23.2 Å². The van der Waals surface area contributed by atoms with Crippen molar-refractivity contribution in [2.24, 2.45) is 0 Å². The number of carbonyl (C=O) groups is 1.